The summed E-state index contributed by atoms with van der Waals surface area (Å²) in [4.78, 5) is 2.19. The molecule has 0 heterocycles. The molecule has 0 fully saturated rings. The van der Waals surface area contributed by atoms with Gasteiger partial charge in [0.2, 0.25) is 0 Å². The second-order valence-corrected chi connectivity index (χ2v) is 5.67. The van der Waals surface area contributed by atoms with Gasteiger partial charge < -0.3 is 10.0 Å². The van der Waals surface area contributed by atoms with Crippen LogP contribution in [0.5, 0.6) is 0 Å². The molecule has 19 heavy (non-hydrogen) atoms. The van der Waals surface area contributed by atoms with Crippen LogP contribution >= 0.6 is 15.9 Å². The minimum atomic E-state index is -0.413. The molecule has 2 aromatic rings. The third kappa shape index (κ3) is 3.82. The number of hydrogen-bond donors (Lipinski definition) is 1. The number of benzene rings is 2. The summed E-state index contributed by atoms with van der Waals surface area (Å²) in [5.41, 5.74) is 3.35. The predicted molar refractivity (Wildman–Crippen MR) is 83.3 cm³/mol. The number of rotatable bonds is 4. The maximum Gasteiger partial charge on any atom is 0.0761 e. The first-order chi connectivity index (χ1) is 9.06. The maximum atomic E-state index is 9.50. The molecular formula is C16H18BrNO. The molecule has 1 N–H and O–H groups in total. The normalized spacial score (nSPS) is 12.2. The van der Waals surface area contributed by atoms with Gasteiger partial charge in [0.25, 0.3) is 0 Å². The molecule has 0 saturated heterocycles. The number of hydrogen-bond acceptors (Lipinski definition) is 2. The van der Waals surface area contributed by atoms with Crippen molar-refractivity contribution in [1.82, 2.24) is 0 Å². The first kappa shape index (κ1) is 14.1. The van der Waals surface area contributed by atoms with E-state index in [1.54, 1.807) is 6.92 Å². The Kier molecular flexibility index (Phi) is 4.61. The van der Waals surface area contributed by atoms with E-state index in [1.807, 2.05) is 36.4 Å². The average Bonchev–Trinajstić information content (AvgIpc) is 2.39. The molecule has 2 aromatic carbocycles. The van der Waals surface area contributed by atoms with Crippen molar-refractivity contribution in [3.63, 3.8) is 0 Å². The first-order valence-corrected chi connectivity index (χ1v) is 7.09. The van der Waals surface area contributed by atoms with Crippen LogP contribution in [0, 0.1) is 0 Å². The molecule has 0 aliphatic heterocycles. The number of aliphatic hydroxyl groups is 1. The van der Waals surface area contributed by atoms with Crippen LogP contribution in [0.25, 0.3) is 0 Å². The molecule has 0 spiro atoms. The Labute approximate surface area is 122 Å². The molecule has 2 nitrogen and oxygen atoms in total. The Morgan fingerprint density at radius 2 is 1.84 bits per heavy atom. The molecule has 2 rings (SSSR count). The maximum absolute atomic E-state index is 9.50. The number of aliphatic hydroxyl groups excluding tert-OH is 1. The van der Waals surface area contributed by atoms with Gasteiger partial charge in [-0.2, -0.15) is 0 Å². The Hall–Kier alpha value is -1.32. The fourth-order valence-electron chi connectivity index (χ4n) is 2.01. The molecule has 0 radical (unpaired) electrons. The summed E-state index contributed by atoms with van der Waals surface area (Å²) >= 11 is 3.49. The zero-order valence-corrected chi connectivity index (χ0v) is 12.8. The number of nitrogens with zero attached hydrogens (tertiary/aromatic N) is 1. The number of halogens is 1. The minimum absolute atomic E-state index is 0.413. The summed E-state index contributed by atoms with van der Waals surface area (Å²) in [6.07, 6.45) is -0.413. The standard InChI is InChI=1S/C16H18BrNO/c1-12(19)14-6-8-16(9-7-14)18(2)11-13-4-3-5-15(17)10-13/h3-10,12,19H,11H2,1-2H3/t12-/m1/s1. The van der Waals surface area contributed by atoms with Crippen molar-refractivity contribution in [2.45, 2.75) is 19.6 Å². The van der Waals surface area contributed by atoms with E-state index in [0.717, 1.165) is 22.3 Å². The fraction of sp³-hybridized carbons (Fsp3) is 0.250. The number of anilines is 1. The summed E-state index contributed by atoms with van der Waals surface area (Å²) in [5, 5.41) is 9.50. The lowest BCUT2D eigenvalue weighted by Gasteiger charge is -2.20. The molecule has 0 unspecified atom stereocenters. The largest absolute Gasteiger partial charge is 0.389 e. The first-order valence-electron chi connectivity index (χ1n) is 6.30. The van der Waals surface area contributed by atoms with Gasteiger partial charge in [-0.3, -0.25) is 0 Å². The second kappa shape index (κ2) is 6.22. The molecule has 0 bridgehead atoms. The van der Waals surface area contributed by atoms with Crippen LogP contribution in [0.2, 0.25) is 0 Å². The highest BCUT2D eigenvalue weighted by Crippen LogP contribution is 2.20. The highest BCUT2D eigenvalue weighted by Gasteiger charge is 2.04. The van der Waals surface area contributed by atoms with Crippen LogP contribution in [0.4, 0.5) is 5.69 Å². The smallest absolute Gasteiger partial charge is 0.0761 e. The molecule has 100 valence electrons. The lowest BCUT2D eigenvalue weighted by molar-refractivity contribution is 0.199. The van der Waals surface area contributed by atoms with Crippen molar-refractivity contribution in [1.29, 1.82) is 0 Å². The van der Waals surface area contributed by atoms with Gasteiger partial charge in [-0.05, 0) is 42.3 Å². The average molecular weight is 320 g/mol. The quantitative estimate of drug-likeness (QED) is 0.915. The summed E-state index contributed by atoms with van der Waals surface area (Å²) in [7, 11) is 2.07. The summed E-state index contributed by atoms with van der Waals surface area (Å²) in [6.45, 7) is 2.63. The Morgan fingerprint density at radius 3 is 2.42 bits per heavy atom. The molecule has 0 aliphatic carbocycles. The van der Waals surface area contributed by atoms with Gasteiger partial charge >= 0.3 is 0 Å². The van der Waals surface area contributed by atoms with E-state index in [4.69, 9.17) is 0 Å². The van der Waals surface area contributed by atoms with Gasteiger partial charge in [0, 0.05) is 23.8 Å². The van der Waals surface area contributed by atoms with Crippen molar-refractivity contribution in [2.75, 3.05) is 11.9 Å². The molecular weight excluding hydrogens is 302 g/mol. The summed E-state index contributed by atoms with van der Waals surface area (Å²) in [5.74, 6) is 0. The summed E-state index contributed by atoms with van der Waals surface area (Å²) in [6, 6.07) is 16.3. The van der Waals surface area contributed by atoms with E-state index in [9.17, 15) is 5.11 Å². The molecule has 0 amide bonds. The SMILES string of the molecule is C[C@@H](O)c1ccc(N(C)Cc2cccc(Br)c2)cc1. The van der Waals surface area contributed by atoms with E-state index >= 15 is 0 Å². The van der Waals surface area contributed by atoms with Crippen LogP contribution in [0.3, 0.4) is 0 Å². The lowest BCUT2D eigenvalue weighted by Crippen LogP contribution is -2.16. The van der Waals surface area contributed by atoms with Crippen molar-refractivity contribution in [3.05, 3.63) is 64.1 Å². The van der Waals surface area contributed by atoms with Crippen LogP contribution in [0.1, 0.15) is 24.2 Å². The molecule has 3 heteroatoms. The lowest BCUT2D eigenvalue weighted by atomic mass is 10.1. The van der Waals surface area contributed by atoms with E-state index in [1.165, 1.54) is 5.56 Å². The Morgan fingerprint density at radius 1 is 1.16 bits per heavy atom. The van der Waals surface area contributed by atoms with E-state index in [-0.39, 0.29) is 0 Å². The van der Waals surface area contributed by atoms with Gasteiger partial charge in [0.15, 0.2) is 0 Å². The van der Waals surface area contributed by atoms with E-state index in [2.05, 4.69) is 40.0 Å². The van der Waals surface area contributed by atoms with Gasteiger partial charge in [0.05, 0.1) is 6.10 Å². The zero-order valence-electron chi connectivity index (χ0n) is 11.2. The van der Waals surface area contributed by atoms with Crippen LogP contribution in [-0.4, -0.2) is 12.2 Å². The van der Waals surface area contributed by atoms with E-state index < -0.39 is 6.10 Å². The highest BCUT2D eigenvalue weighted by molar-refractivity contribution is 9.10. The molecule has 1 atom stereocenters. The Bertz CT molecular complexity index is 537. The second-order valence-electron chi connectivity index (χ2n) is 4.75. The molecule has 0 saturated carbocycles. The molecule has 0 aromatic heterocycles. The van der Waals surface area contributed by atoms with Gasteiger partial charge in [0.1, 0.15) is 0 Å². The van der Waals surface area contributed by atoms with Crippen LogP contribution in [-0.2, 0) is 6.54 Å². The van der Waals surface area contributed by atoms with Crippen molar-refractivity contribution < 1.29 is 5.11 Å². The fourth-order valence-corrected chi connectivity index (χ4v) is 2.45. The zero-order chi connectivity index (χ0) is 13.8. The van der Waals surface area contributed by atoms with Gasteiger partial charge in [-0.25, -0.2) is 0 Å². The van der Waals surface area contributed by atoms with Crippen molar-refractivity contribution >= 4 is 21.6 Å². The van der Waals surface area contributed by atoms with Crippen molar-refractivity contribution in [3.8, 4) is 0 Å². The Balaban J connectivity index is 2.09. The highest BCUT2D eigenvalue weighted by atomic mass is 79.9. The van der Waals surface area contributed by atoms with Crippen LogP contribution < -0.4 is 4.90 Å². The monoisotopic (exact) mass is 319 g/mol. The van der Waals surface area contributed by atoms with E-state index in [0.29, 0.717) is 0 Å². The topological polar surface area (TPSA) is 23.5 Å². The van der Waals surface area contributed by atoms with Crippen LogP contribution in [0.15, 0.2) is 53.0 Å². The van der Waals surface area contributed by atoms with Gasteiger partial charge in [-0.15, -0.1) is 0 Å². The third-order valence-electron chi connectivity index (χ3n) is 3.13. The van der Waals surface area contributed by atoms with Gasteiger partial charge in [-0.1, -0.05) is 40.2 Å². The third-order valence-corrected chi connectivity index (χ3v) is 3.62. The molecule has 0 aliphatic rings. The predicted octanol–water partition coefficient (Wildman–Crippen LogP) is 4.14. The van der Waals surface area contributed by atoms with Crippen molar-refractivity contribution in [2.24, 2.45) is 0 Å². The minimum Gasteiger partial charge on any atom is -0.389 e. The summed E-state index contributed by atoms with van der Waals surface area (Å²) < 4.78 is 1.10.